The first kappa shape index (κ1) is 10.5. The Kier molecular flexibility index (Phi) is 2.53. The fraction of sp³-hybridized carbons (Fsp3) is 0. The molecule has 3 aromatic rings. The summed E-state index contributed by atoms with van der Waals surface area (Å²) in [4.78, 5) is 0. The molecule has 0 spiro atoms. The number of rotatable bonds is 2. The second kappa shape index (κ2) is 4.33. The predicted molar refractivity (Wildman–Crippen MR) is 67.7 cm³/mol. The molecule has 0 atom stereocenters. The second-order valence-electron chi connectivity index (χ2n) is 3.83. The predicted octanol–water partition coefficient (Wildman–Crippen LogP) is 3.13. The van der Waals surface area contributed by atoms with Gasteiger partial charge in [0.05, 0.1) is 6.20 Å². The highest BCUT2D eigenvalue weighted by molar-refractivity contribution is 5.85. The minimum atomic E-state index is 0.200. The SMILES string of the molecule is Oc1ccc(Oc2nncc3ccccc23)cc1. The van der Waals surface area contributed by atoms with Crippen LogP contribution in [0.3, 0.4) is 0 Å². The first-order valence-corrected chi connectivity index (χ1v) is 5.50. The van der Waals surface area contributed by atoms with Crippen LogP contribution in [0.15, 0.2) is 54.7 Å². The zero-order chi connectivity index (χ0) is 12.4. The molecule has 18 heavy (non-hydrogen) atoms. The monoisotopic (exact) mass is 238 g/mol. The Labute approximate surface area is 103 Å². The molecular formula is C14H10N2O2. The lowest BCUT2D eigenvalue weighted by molar-refractivity contribution is 0.453. The van der Waals surface area contributed by atoms with Crippen molar-refractivity contribution in [2.24, 2.45) is 0 Å². The van der Waals surface area contributed by atoms with Crippen LogP contribution in [0, 0.1) is 0 Å². The molecule has 0 aliphatic heterocycles. The van der Waals surface area contributed by atoms with Gasteiger partial charge in [-0.1, -0.05) is 18.2 Å². The minimum absolute atomic E-state index is 0.200. The molecule has 1 heterocycles. The number of nitrogens with zero attached hydrogens (tertiary/aromatic N) is 2. The molecule has 0 aliphatic carbocycles. The van der Waals surface area contributed by atoms with Crippen LogP contribution < -0.4 is 4.74 Å². The van der Waals surface area contributed by atoms with Crippen LogP contribution >= 0.6 is 0 Å². The van der Waals surface area contributed by atoms with E-state index in [0.29, 0.717) is 11.6 Å². The number of phenols is 1. The molecule has 0 aliphatic rings. The summed E-state index contributed by atoms with van der Waals surface area (Å²) in [5.74, 6) is 1.27. The summed E-state index contributed by atoms with van der Waals surface area (Å²) in [6.45, 7) is 0. The van der Waals surface area contributed by atoms with E-state index in [1.165, 1.54) is 0 Å². The average molecular weight is 238 g/mol. The maximum Gasteiger partial charge on any atom is 0.246 e. The van der Waals surface area contributed by atoms with Crippen LogP contribution in [-0.4, -0.2) is 15.3 Å². The van der Waals surface area contributed by atoms with E-state index in [0.717, 1.165) is 10.8 Å². The van der Waals surface area contributed by atoms with Crippen molar-refractivity contribution in [3.63, 3.8) is 0 Å². The third-order valence-corrected chi connectivity index (χ3v) is 2.59. The number of aromatic hydroxyl groups is 1. The number of benzene rings is 2. The first-order chi connectivity index (χ1) is 8.83. The normalized spacial score (nSPS) is 10.4. The Bertz CT molecular complexity index is 675. The maximum absolute atomic E-state index is 9.21. The molecule has 0 saturated carbocycles. The van der Waals surface area contributed by atoms with E-state index in [9.17, 15) is 5.11 Å². The number of hydrogen-bond donors (Lipinski definition) is 1. The van der Waals surface area contributed by atoms with Gasteiger partial charge in [-0.05, 0) is 30.3 Å². The first-order valence-electron chi connectivity index (χ1n) is 5.50. The van der Waals surface area contributed by atoms with Crippen LogP contribution in [0.5, 0.6) is 17.4 Å². The summed E-state index contributed by atoms with van der Waals surface area (Å²) in [5, 5.41) is 19.0. The van der Waals surface area contributed by atoms with E-state index in [4.69, 9.17) is 4.74 Å². The molecule has 0 fully saturated rings. The average Bonchev–Trinajstić information content (AvgIpc) is 2.42. The van der Waals surface area contributed by atoms with Crippen LogP contribution in [-0.2, 0) is 0 Å². The van der Waals surface area contributed by atoms with Crippen molar-refractivity contribution in [1.29, 1.82) is 0 Å². The second-order valence-corrected chi connectivity index (χ2v) is 3.83. The van der Waals surface area contributed by atoms with Gasteiger partial charge in [-0.25, -0.2) is 0 Å². The molecule has 0 radical (unpaired) electrons. The summed E-state index contributed by atoms with van der Waals surface area (Å²) in [6.07, 6.45) is 1.69. The topological polar surface area (TPSA) is 55.2 Å². The number of phenolic OH excluding ortho intramolecular Hbond substituents is 1. The van der Waals surface area contributed by atoms with Crippen LogP contribution in [0.1, 0.15) is 0 Å². The van der Waals surface area contributed by atoms with Crippen molar-refractivity contribution in [2.75, 3.05) is 0 Å². The molecule has 0 unspecified atom stereocenters. The molecule has 4 heteroatoms. The van der Waals surface area contributed by atoms with Gasteiger partial charge < -0.3 is 9.84 Å². The summed E-state index contributed by atoms with van der Waals surface area (Å²) in [7, 11) is 0. The molecule has 1 N–H and O–H groups in total. The number of fused-ring (bicyclic) bond motifs is 1. The van der Waals surface area contributed by atoms with E-state index >= 15 is 0 Å². The van der Waals surface area contributed by atoms with Gasteiger partial charge >= 0.3 is 0 Å². The van der Waals surface area contributed by atoms with Crippen molar-refractivity contribution < 1.29 is 9.84 Å². The van der Waals surface area contributed by atoms with E-state index < -0.39 is 0 Å². The van der Waals surface area contributed by atoms with Crippen LogP contribution in [0.25, 0.3) is 10.8 Å². The largest absolute Gasteiger partial charge is 0.508 e. The highest BCUT2D eigenvalue weighted by atomic mass is 16.5. The smallest absolute Gasteiger partial charge is 0.246 e. The van der Waals surface area contributed by atoms with E-state index in [1.54, 1.807) is 30.5 Å². The number of hydrogen-bond acceptors (Lipinski definition) is 4. The summed E-state index contributed by atoms with van der Waals surface area (Å²) >= 11 is 0. The van der Waals surface area contributed by atoms with Gasteiger partial charge in [0.1, 0.15) is 11.5 Å². The van der Waals surface area contributed by atoms with Crippen LogP contribution in [0.2, 0.25) is 0 Å². The van der Waals surface area contributed by atoms with E-state index in [1.807, 2.05) is 24.3 Å². The van der Waals surface area contributed by atoms with E-state index in [-0.39, 0.29) is 5.75 Å². The number of ether oxygens (including phenoxy) is 1. The Morgan fingerprint density at radius 3 is 2.56 bits per heavy atom. The molecule has 1 aromatic heterocycles. The van der Waals surface area contributed by atoms with Gasteiger partial charge in [-0.2, -0.15) is 5.10 Å². The third kappa shape index (κ3) is 1.96. The van der Waals surface area contributed by atoms with Crippen molar-refractivity contribution in [3.05, 3.63) is 54.7 Å². The molecular weight excluding hydrogens is 228 g/mol. The van der Waals surface area contributed by atoms with Gasteiger partial charge in [0.25, 0.3) is 0 Å². The van der Waals surface area contributed by atoms with Crippen molar-refractivity contribution in [1.82, 2.24) is 10.2 Å². The lowest BCUT2D eigenvalue weighted by Crippen LogP contribution is -1.91. The fourth-order valence-electron chi connectivity index (χ4n) is 1.70. The Morgan fingerprint density at radius 2 is 1.72 bits per heavy atom. The maximum atomic E-state index is 9.21. The minimum Gasteiger partial charge on any atom is -0.508 e. The Hall–Kier alpha value is -2.62. The summed E-state index contributed by atoms with van der Waals surface area (Å²) < 4.78 is 5.66. The molecule has 3 rings (SSSR count). The van der Waals surface area contributed by atoms with Gasteiger partial charge in [0, 0.05) is 10.8 Å². The molecule has 0 bridgehead atoms. The zero-order valence-corrected chi connectivity index (χ0v) is 9.45. The molecule has 2 aromatic carbocycles. The third-order valence-electron chi connectivity index (χ3n) is 2.59. The highest BCUT2D eigenvalue weighted by Gasteiger charge is 2.05. The molecule has 88 valence electrons. The molecule has 0 amide bonds. The lowest BCUT2D eigenvalue weighted by Gasteiger charge is -2.06. The Morgan fingerprint density at radius 1 is 0.944 bits per heavy atom. The van der Waals surface area contributed by atoms with Gasteiger partial charge in [-0.3, -0.25) is 0 Å². The Balaban J connectivity index is 2.02. The van der Waals surface area contributed by atoms with Crippen LogP contribution in [0.4, 0.5) is 0 Å². The summed E-state index contributed by atoms with van der Waals surface area (Å²) in [5.41, 5.74) is 0. The summed E-state index contributed by atoms with van der Waals surface area (Å²) in [6, 6.07) is 14.2. The number of aromatic nitrogens is 2. The van der Waals surface area contributed by atoms with Crippen molar-refractivity contribution in [3.8, 4) is 17.4 Å². The van der Waals surface area contributed by atoms with Gasteiger partial charge in [0.15, 0.2) is 0 Å². The van der Waals surface area contributed by atoms with Gasteiger partial charge in [0.2, 0.25) is 5.88 Å². The highest BCUT2D eigenvalue weighted by Crippen LogP contribution is 2.27. The fourth-order valence-corrected chi connectivity index (χ4v) is 1.70. The lowest BCUT2D eigenvalue weighted by atomic mass is 10.2. The van der Waals surface area contributed by atoms with Gasteiger partial charge in [-0.15, -0.1) is 5.10 Å². The van der Waals surface area contributed by atoms with E-state index in [2.05, 4.69) is 10.2 Å². The zero-order valence-electron chi connectivity index (χ0n) is 9.45. The van der Waals surface area contributed by atoms with Crippen molar-refractivity contribution in [2.45, 2.75) is 0 Å². The quantitative estimate of drug-likeness (QED) is 0.745. The standard InChI is InChI=1S/C14H10N2O2/c17-11-5-7-12(8-6-11)18-14-13-4-2-1-3-10(13)9-15-16-14/h1-9,17H. The molecule has 0 saturated heterocycles. The van der Waals surface area contributed by atoms with Crippen molar-refractivity contribution >= 4 is 10.8 Å². The molecule has 4 nitrogen and oxygen atoms in total.